The van der Waals surface area contributed by atoms with E-state index in [1.165, 1.54) is 0 Å². The van der Waals surface area contributed by atoms with Crippen molar-refractivity contribution in [3.05, 3.63) is 71.6 Å². The Morgan fingerprint density at radius 1 is 0.950 bits per heavy atom. The number of benzene rings is 2. The fraction of sp³-hybridized carbons (Fsp3) is 0. The number of hydrogen-bond acceptors (Lipinski definition) is 2. The number of anilines is 1. The highest BCUT2D eigenvalue weighted by molar-refractivity contribution is 6.21. The Kier molecular flexibility index (Phi) is 2.27. The molecular formula is C17H12N2O. The highest BCUT2D eigenvalue weighted by Gasteiger charge is 2.23. The minimum absolute atomic E-state index is 0.0471. The molecule has 3 heteroatoms. The summed E-state index contributed by atoms with van der Waals surface area (Å²) >= 11 is 0. The zero-order valence-corrected chi connectivity index (χ0v) is 10.7. The first kappa shape index (κ1) is 11.1. The maximum absolute atomic E-state index is 12.3. The van der Waals surface area contributed by atoms with Crippen LogP contribution in [0.1, 0.15) is 15.9 Å². The first-order valence-corrected chi connectivity index (χ1v) is 6.51. The molecule has 0 radical (unpaired) electrons. The number of ketones is 1. The van der Waals surface area contributed by atoms with Gasteiger partial charge in [-0.2, -0.15) is 0 Å². The van der Waals surface area contributed by atoms with E-state index in [1.54, 1.807) is 0 Å². The van der Waals surface area contributed by atoms with Gasteiger partial charge in [0.2, 0.25) is 5.78 Å². The predicted molar refractivity (Wildman–Crippen MR) is 80.7 cm³/mol. The molecule has 0 amide bonds. The molecule has 0 spiro atoms. The molecule has 0 bridgehead atoms. The Morgan fingerprint density at radius 3 is 2.65 bits per heavy atom. The van der Waals surface area contributed by atoms with Crippen LogP contribution in [0, 0.1) is 0 Å². The fourth-order valence-electron chi connectivity index (χ4n) is 2.61. The van der Waals surface area contributed by atoms with E-state index in [0.717, 1.165) is 27.7 Å². The quantitative estimate of drug-likeness (QED) is 0.653. The lowest BCUT2D eigenvalue weighted by Gasteiger charge is -1.97. The van der Waals surface area contributed by atoms with Crippen LogP contribution in [-0.2, 0) is 0 Å². The van der Waals surface area contributed by atoms with Crippen molar-refractivity contribution in [3.63, 3.8) is 0 Å². The lowest BCUT2D eigenvalue weighted by molar-refractivity contribution is 0.104. The van der Waals surface area contributed by atoms with Gasteiger partial charge in [0.15, 0.2) is 0 Å². The normalized spacial score (nSPS) is 15.6. The van der Waals surface area contributed by atoms with E-state index >= 15 is 0 Å². The molecule has 2 N–H and O–H groups in total. The molecule has 0 aliphatic carbocycles. The topological polar surface area (TPSA) is 44.9 Å². The van der Waals surface area contributed by atoms with E-state index in [9.17, 15) is 4.79 Å². The van der Waals surface area contributed by atoms with Gasteiger partial charge in [0.1, 0.15) is 0 Å². The van der Waals surface area contributed by atoms with E-state index in [1.807, 2.05) is 60.8 Å². The molecule has 1 aromatic heterocycles. The Bertz CT molecular complexity index is 858. The largest absolute Gasteiger partial charge is 0.361 e. The zero-order valence-electron chi connectivity index (χ0n) is 10.7. The second-order valence-electron chi connectivity index (χ2n) is 4.85. The van der Waals surface area contributed by atoms with Crippen LogP contribution in [0.5, 0.6) is 0 Å². The number of Topliss-reactive ketones (excluding diaryl/α,β-unsaturated/α-hetero) is 1. The van der Waals surface area contributed by atoms with Gasteiger partial charge < -0.3 is 10.3 Å². The van der Waals surface area contributed by atoms with Crippen molar-refractivity contribution in [2.45, 2.75) is 0 Å². The van der Waals surface area contributed by atoms with Crippen LogP contribution < -0.4 is 5.32 Å². The highest BCUT2D eigenvalue weighted by Crippen LogP contribution is 2.29. The number of carbonyl (C=O) groups excluding carboxylic acids is 1. The summed E-state index contributed by atoms with van der Waals surface area (Å²) in [5.74, 6) is 0.0471. The minimum Gasteiger partial charge on any atom is -0.361 e. The molecule has 3 nitrogen and oxygen atoms in total. The zero-order chi connectivity index (χ0) is 13.5. The van der Waals surface area contributed by atoms with E-state index in [4.69, 9.17) is 0 Å². The van der Waals surface area contributed by atoms with Crippen LogP contribution in [0.4, 0.5) is 5.69 Å². The summed E-state index contributed by atoms with van der Waals surface area (Å²) in [6, 6.07) is 15.6. The van der Waals surface area contributed by atoms with Gasteiger partial charge in [-0.15, -0.1) is 0 Å². The molecule has 0 unspecified atom stereocenters. The summed E-state index contributed by atoms with van der Waals surface area (Å²) in [5, 5.41) is 4.30. The number of aromatic amines is 1. The predicted octanol–water partition coefficient (Wildman–Crippen LogP) is 3.82. The van der Waals surface area contributed by atoms with Crippen LogP contribution in [0.3, 0.4) is 0 Å². The third-order valence-electron chi connectivity index (χ3n) is 3.61. The molecule has 2 heterocycles. The summed E-state index contributed by atoms with van der Waals surface area (Å²) in [5.41, 5.74) is 4.32. The molecule has 1 aliphatic heterocycles. The number of aromatic nitrogens is 1. The van der Waals surface area contributed by atoms with Gasteiger partial charge in [-0.05, 0) is 24.3 Å². The number of fused-ring (bicyclic) bond motifs is 2. The number of hydrogen-bond donors (Lipinski definition) is 2. The summed E-state index contributed by atoms with van der Waals surface area (Å²) in [6.07, 6.45) is 3.83. The molecule has 2 aromatic carbocycles. The average molecular weight is 260 g/mol. The van der Waals surface area contributed by atoms with Gasteiger partial charge in [0.25, 0.3) is 0 Å². The van der Waals surface area contributed by atoms with Gasteiger partial charge in [-0.3, -0.25) is 4.79 Å². The van der Waals surface area contributed by atoms with Gasteiger partial charge in [-0.25, -0.2) is 0 Å². The fourth-order valence-corrected chi connectivity index (χ4v) is 2.61. The van der Waals surface area contributed by atoms with Crippen molar-refractivity contribution in [2.24, 2.45) is 0 Å². The lowest BCUT2D eigenvalue weighted by atomic mass is 10.1. The first-order chi connectivity index (χ1) is 9.83. The van der Waals surface area contributed by atoms with Gasteiger partial charge in [0, 0.05) is 33.9 Å². The van der Waals surface area contributed by atoms with Gasteiger partial charge in [-0.1, -0.05) is 30.3 Å². The Labute approximate surface area is 115 Å². The van der Waals surface area contributed by atoms with Crippen molar-refractivity contribution < 1.29 is 4.79 Å². The molecule has 1 aliphatic rings. The van der Waals surface area contributed by atoms with E-state index in [2.05, 4.69) is 10.3 Å². The number of carbonyl (C=O) groups is 1. The van der Waals surface area contributed by atoms with Crippen LogP contribution in [-0.4, -0.2) is 10.8 Å². The maximum Gasteiger partial charge on any atom is 0.211 e. The smallest absolute Gasteiger partial charge is 0.211 e. The highest BCUT2D eigenvalue weighted by atomic mass is 16.1. The molecule has 4 rings (SSSR count). The second kappa shape index (κ2) is 4.10. The standard InChI is InChI=1S/C17H12N2O/c20-17-13-6-2-4-8-15(13)19-16(17)9-11-10-18-14-7-3-1-5-12(11)14/h1-10,18-19H/b16-9+. The Hall–Kier alpha value is -2.81. The first-order valence-electron chi connectivity index (χ1n) is 6.51. The Morgan fingerprint density at radius 2 is 1.75 bits per heavy atom. The molecule has 20 heavy (non-hydrogen) atoms. The molecule has 0 saturated carbocycles. The van der Waals surface area contributed by atoms with Crippen LogP contribution in [0.2, 0.25) is 0 Å². The number of rotatable bonds is 1. The average Bonchev–Trinajstić information content (AvgIpc) is 3.03. The van der Waals surface area contributed by atoms with Crippen molar-refractivity contribution in [3.8, 4) is 0 Å². The van der Waals surface area contributed by atoms with Crippen LogP contribution in [0.25, 0.3) is 17.0 Å². The van der Waals surface area contributed by atoms with Crippen molar-refractivity contribution >= 4 is 28.4 Å². The second-order valence-corrected chi connectivity index (χ2v) is 4.85. The minimum atomic E-state index is 0.0471. The van der Waals surface area contributed by atoms with E-state index in [0.29, 0.717) is 5.70 Å². The van der Waals surface area contributed by atoms with E-state index < -0.39 is 0 Å². The third kappa shape index (κ3) is 1.57. The summed E-state index contributed by atoms with van der Waals surface area (Å²) < 4.78 is 0. The number of nitrogens with one attached hydrogen (secondary N) is 2. The third-order valence-corrected chi connectivity index (χ3v) is 3.61. The SMILES string of the molecule is O=C1/C(=C\c2c[nH]c3ccccc23)Nc2ccccc21. The van der Waals surface area contributed by atoms with Crippen LogP contribution >= 0.6 is 0 Å². The number of para-hydroxylation sites is 2. The summed E-state index contributed by atoms with van der Waals surface area (Å²) in [6.45, 7) is 0. The van der Waals surface area contributed by atoms with E-state index in [-0.39, 0.29) is 5.78 Å². The van der Waals surface area contributed by atoms with Gasteiger partial charge in [0.05, 0.1) is 5.70 Å². The number of allylic oxidation sites excluding steroid dienone is 1. The van der Waals surface area contributed by atoms with Crippen molar-refractivity contribution in [1.82, 2.24) is 4.98 Å². The molecule has 0 fully saturated rings. The Balaban J connectivity index is 1.81. The summed E-state index contributed by atoms with van der Waals surface area (Å²) in [7, 11) is 0. The van der Waals surface area contributed by atoms with Crippen LogP contribution in [0.15, 0.2) is 60.4 Å². The molecule has 0 saturated heterocycles. The summed E-state index contributed by atoms with van der Waals surface area (Å²) in [4.78, 5) is 15.5. The molecule has 0 atom stereocenters. The van der Waals surface area contributed by atoms with Crippen molar-refractivity contribution in [2.75, 3.05) is 5.32 Å². The molecular weight excluding hydrogens is 248 g/mol. The molecule has 96 valence electrons. The lowest BCUT2D eigenvalue weighted by Crippen LogP contribution is -1.99. The van der Waals surface area contributed by atoms with Crippen molar-refractivity contribution in [1.29, 1.82) is 0 Å². The monoisotopic (exact) mass is 260 g/mol. The number of H-pyrrole nitrogens is 1. The molecule has 3 aromatic rings. The van der Waals surface area contributed by atoms with Gasteiger partial charge >= 0.3 is 0 Å². The maximum atomic E-state index is 12.3.